The zero-order valence-corrected chi connectivity index (χ0v) is 7.26. The first-order valence-corrected chi connectivity index (χ1v) is 3.86. The summed E-state index contributed by atoms with van der Waals surface area (Å²) < 4.78 is 0. The van der Waals surface area contributed by atoms with Crippen LogP contribution in [-0.2, 0) is 9.59 Å². The molecule has 0 heterocycles. The molecule has 0 radical (unpaired) electrons. The van der Waals surface area contributed by atoms with E-state index in [2.05, 4.69) is 5.32 Å². The molecule has 0 rings (SSSR count). The highest BCUT2D eigenvalue weighted by Crippen LogP contribution is 1.98. The van der Waals surface area contributed by atoms with Crippen LogP contribution in [0.4, 0.5) is 0 Å². The molecule has 0 aliphatic heterocycles. The number of carbonyl (C=O) groups excluding carboxylic acids is 2. The molecule has 3 nitrogen and oxygen atoms in total. The minimum atomic E-state index is -0.331. The van der Waals surface area contributed by atoms with Gasteiger partial charge in [0.15, 0.2) is 0 Å². The molecule has 3 heteroatoms. The summed E-state index contributed by atoms with van der Waals surface area (Å²) in [5.41, 5.74) is 0. The lowest BCUT2D eigenvalue weighted by molar-refractivity contribution is -0.124. The monoisotopic (exact) mass is 157 g/mol. The molecule has 64 valence electrons. The average molecular weight is 157 g/mol. The summed E-state index contributed by atoms with van der Waals surface area (Å²) in [6, 6.07) is -0.331. The second-order valence-corrected chi connectivity index (χ2v) is 2.83. The maximum atomic E-state index is 10.8. The zero-order chi connectivity index (χ0) is 8.85. The van der Waals surface area contributed by atoms with Crippen molar-refractivity contribution in [2.24, 2.45) is 5.92 Å². The number of aldehydes is 1. The first-order valence-electron chi connectivity index (χ1n) is 3.86. The van der Waals surface area contributed by atoms with Crippen molar-refractivity contribution in [2.45, 2.75) is 33.2 Å². The van der Waals surface area contributed by atoms with Gasteiger partial charge in [-0.05, 0) is 5.92 Å². The van der Waals surface area contributed by atoms with Crippen molar-refractivity contribution in [3.8, 4) is 0 Å². The van der Waals surface area contributed by atoms with Gasteiger partial charge in [0.1, 0.15) is 6.29 Å². The van der Waals surface area contributed by atoms with Crippen LogP contribution in [-0.4, -0.2) is 18.2 Å². The van der Waals surface area contributed by atoms with E-state index in [-0.39, 0.29) is 17.9 Å². The zero-order valence-electron chi connectivity index (χ0n) is 7.26. The average Bonchev–Trinajstić information content (AvgIpc) is 1.99. The number of hydrogen-bond donors (Lipinski definition) is 1. The summed E-state index contributed by atoms with van der Waals surface area (Å²) in [6.45, 7) is 5.56. The second-order valence-electron chi connectivity index (χ2n) is 2.83. The Morgan fingerprint density at radius 2 is 2.09 bits per heavy atom. The van der Waals surface area contributed by atoms with Crippen LogP contribution in [0, 0.1) is 5.92 Å². The summed E-state index contributed by atoms with van der Waals surface area (Å²) in [7, 11) is 0. The number of hydrogen-bond acceptors (Lipinski definition) is 2. The van der Waals surface area contributed by atoms with Gasteiger partial charge in [-0.1, -0.05) is 20.8 Å². The van der Waals surface area contributed by atoms with Crippen LogP contribution in [0.3, 0.4) is 0 Å². The maximum absolute atomic E-state index is 10.8. The largest absolute Gasteiger partial charge is 0.346 e. The Hall–Kier alpha value is -0.860. The van der Waals surface area contributed by atoms with E-state index in [1.807, 2.05) is 13.8 Å². The number of amides is 1. The predicted octanol–water partition coefficient (Wildman–Crippen LogP) is 0.736. The van der Waals surface area contributed by atoms with Gasteiger partial charge in [-0.3, -0.25) is 4.79 Å². The first kappa shape index (κ1) is 10.1. The molecule has 0 saturated carbocycles. The highest BCUT2D eigenvalue weighted by atomic mass is 16.2. The molecule has 0 saturated heterocycles. The third-order valence-electron chi connectivity index (χ3n) is 1.51. The van der Waals surface area contributed by atoms with Crippen molar-refractivity contribution in [2.75, 3.05) is 0 Å². The van der Waals surface area contributed by atoms with Crippen molar-refractivity contribution in [3.05, 3.63) is 0 Å². The molecule has 0 aromatic carbocycles. The molecular weight excluding hydrogens is 142 g/mol. The van der Waals surface area contributed by atoms with Crippen LogP contribution in [0.15, 0.2) is 0 Å². The molecule has 0 aromatic rings. The van der Waals surface area contributed by atoms with E-state index in [0.717, 1.165) is 6.29 Å². The van der Waals surface area contributed by atoms with Crippen LogP contribution >= 0.6 is 0 Å². The molecule has 0 fully saturated rings. The van der Waals surface area contributed by atoms with E-state index in [9.17, 15) is 9.59 Å². The normalized spacial score (nSPS) is 12.7. The van der Waals surface area contributed by atoms with Crippen LogP contribution < -0.4 is 5.32 Å². The number of rotatable bonds is 4. The molecule has 1 atom stereocenters. The number of carbonyl (C=O) groups is 2. The van der Waals surface area contributed by atoms with Gasteiger partial charge in [0.2, 0.25) is 5.91 Å². The Morgan fingerprint density at radius 1 is 1.55 bits per heavy atom. The van der Waals surface area contributed by atoms with Gasteiger partial charge >= 0.3 is 0 Å². The summed E-state index contributed by atoms with van der Waals surface area (Å²) in [5.74, 6) is 0.0961. The van der Waals surface area contributed by atoms with E-state index in [4.69, 9.17) is 0 Å². The Balaban J connectivity index is 3.87. The van der Waals surface area contributed by atoms with Crippen molar-refractivity contribution in [1.29, 1.82) is 0 Å². The topological polar surface area (TPSA) is 46.2 Å². The molecule has 0 spiro atoms. The summed E-state index contributed by atoms with van der Waals surface area (Å²) in [5, 5.41) is 2.61. The van der Waals surface area contributed by atoms with E-state index in [1.165, 1.54) is 0 Å². The quantitative estimate of drug-likeness (QED) is 0.612. The fourth-order valence-electron chi connectivity index (χ4n) is 0.646. The lowest BCUT2D eigenvalue weighted by atomic mass is 10.1. The van der Waals surface area contributed by atoms with E-state index in [1.54, 1.807) is 6.92 Å². The van der Waals surface area contributed by atoms with Gasteiger partial charge in [-0.2, -0.15) is 0 Å². The lowest BCUT2D eigenvalue weighted by Gasteiger charge is -2.14. The molecule has 11 heavy (non-hydrogen) atoms. The fourth-order valence-corrected chi connectivity index (χ4v) is 0.646. The summed E-state index contributed by atoms with van der Waals surface area (Å²) in [4.78, 5) is 21.2. The van der Waals surface area contributed by atoms with Crippen molar-refractivity contribution in [1.82, 2.24) is 5.32 Å². The van der Waals surface area contributed by atoms with Crippen molar-refractivity contribution in [3.63, 3.8) is 0 Å². The van der Waals surface area contributed by atoms with Crippen LogP contribution in [0.5, 0.6) is 0 Å². The van der Waals surface area contributed by atoms with Gasteiger partial charge in [0.25, 0.3) is 0 Å². The summed E-state index contributed by atoms with van der Waals surface area (Å²) >= 11 is 0. The smallest absolute Gasteiger partial charge is 0.220 e. The van der Waals surface area contributed by atoms with E-state index in [0.29, 0.717) is 6.42 Å². The standard InChI is InChI=1S/C8H15NO2/c1-4-8(11)9-7(5-10)6(2)3/h5-7H,4H2,1-3H3,(H,9,11). The highest BCUT2D eigenvalue weighted by molar-refractivity contribution is 5.79. The van der Waals surface area contributed by atoms with Crippen LogP contribution in [0.1, 0.15) is 27.2 Å². The molecule has 1 unspecified atom stereocenters. The van der Waals surface area contributed by atoms with Crippen LogP contribution in [0.25, 0.3) is 0 Å². The first-order chi connectivity index (χ1) is 5.11. The molecule has 1 amide bonds. The molecule has 0 aliphatic rings. The predicted molar refractivity (Wildman–Crippen MR) is 43.1 cm³/mol. The number of nitrogens with one attached hydrogen (secondary N) is 1. The van der Waals surface area contributed by atoms with Gasteiger partial charge in [0.05, 0.1) is 6.04 Å². The van der Waals surface area contributed by atoms with Gasteiger partial charge in [0, 0.05) is 6.42 Å². The molecule has 0 bridgehead atoms. The minimum absolute atomic E-state index is 0.0733. The van der Waals surface area contributed by atoms with Crippen molar-refractivity contribution < 1.29 is 9.59 Å². The van der Waals surface area contributed by atoms with E-state index >= 15 is 0 Å². The van der Waals surface area contributed by atoms with Crippen LogP contribution in [0.2, 0.25) is 0 Å². The lowest BCUT2D eigenvalue weighted by Crippen LogP contribution is -2.39. The Kier molecular flexibility index (Phi) is 4.50. The Labute approximate surface area is 67.2 Å². The third kappa shape index (κ3) is 3.75. The molecular formula is C8H15NO2. The van der Waals surface area contributed by atoms with Gasteiger partial charge in [-0.25, -0.2) is 0 Å². The third-order valence-corrected chi connectivity index (χ3v) is 1.51. The maximum Gasteiger partial charge on any atom is 0.220 e. The van der Waals surface area contributed by atoms with Crippen molar-refractivity contribution >= 4 is 12.2 Å². The van der Waals surface area contributed by atoms with Gasteiger partial charge in [-0.15, -0.1) is 0 Å². The molecule has 0 aromatic heterocycles. The SMILES string of the molecule is CCC(=O)NC(C=O)C(C)C. The fraction of sp³-hybridized carbons (Fsp3) is 0.750. The Bertz CT molecular complexity index is 143. The minimum Gasteiger partial charge on any atom is -0.346 e. The Morgan fingerprint density at radius 3 is 2.36 bits per heavy atom. The van der Waals surface area contributed by atoms with E-state index < -0.39 is 0 Å². The second kappa shape index (κ2) is 4.88. The molecule has 1 N–H and O–H groups in total. The van der Waals surface area contributed by atoms with Gasteiger partial charge < -0.3 is 10.1 Å². The summed E-state index contributed by atoms with van der Waals surface area (Å²) in [6.07, 6.45) is 1.20. The molecule has 0 aliphatic carbocycles. The highest BCUT2D eigenvalue weighted by Gasteiger charge is 2.12.